The number of aromatic amines is 1. The molecule has 1 aromatic heterocycles. The summed E-state index contributed by atoms with van der Waals surface area (Å²) in [5.74, 6) is -2.24. The number of thioether (sulfide) groups is 1. The second-order valence-corrected chi connectivity index (χ2v) is 11.9. The average Bonchev–Trinajstić information content (AvgIpc) is 3.41. The summed E-state index contributed by atoms with van der Waals surface area (Å²) in [6.45, 7) is 0.285. The molecule has 1 saturated heterocycles. The number of imide groups is 1. The number of anilines is 1. The summed E-state index contributed by atoms with van der Waals surface area (Å²) in [5.41, 5.74) is 0.464. The Labute approximate surface area is 238 Å². The fourth-order valence-corrected chi connectivity index (χ4v) is 7.74. The molecule has 1 fully saturated rings. The molecule has 4 aromatic rings. The van der Waals surface area contributed by atoms with Gasteiger partial charge in [-0.25, -0.2) is 4.90 Å². The Bertz CT molecular complexity index is 1690. The van der Waals surface area contributed by atoms with Crippen molar-refractivity contribution in [1.82, 2.24) is 4.98 Å². The number of hydrogen-bond donors (Lipinski definition) is 1. The molecule has 1 N–H and O–H groups in total. The van der Waals surface area contributed by atoms with Crippen LogP contribution < -0.4 is 14.5 Å². The van der Waals surface area contributed by atoms with Crippen LogP contribution in [0.3, 0.4) is 0 Å². The zero-order chi connectivity index (χ0) is 28.2. The molecule has 3 aromatic carbocycles. The summed E-state index contributed by atoms with van der Waals surface area (Å²) >= 11 is 8.05. The maximum absolute atomic E-state index is 13.8. The Balaban J connectivity index is 1.33. The lowest BCUT2D eigenvalue weighted by Crippen LogP contribution is -2.32. The van der Waals surface area contributed by atoms with Gasteiger partial charge in [0.15, 0.2) is 0 Å². The van der Waals surface area contributed by atoms with Crippen LogP contribution in [0.15, 0.2) is 82.6 Å². The van der Waals surface area contributed by atoms with Crippen molar-refractivity contribution in [2.75, 3.05) is 4.90 Å². The predicted octanol–water partition coefficient (Wildman–Crippen LogP) is 6.48. The maximum Gasteiger partial charge on any atom is 0.416 e. The van der Waals surface area contributed by atoms with E-state index in [9.17, 15) is 27.6 Å². The van der Waals surface area contributed by atoms with E-state index in [-0.39, 0.29) is 17.2 Å². The van der Waals surface area contributed by atoms with Crippen LogP contribution in [0.1, 0.15) is 27.5 Å². The smallest absolute Gasteiger partial charge is 0.416 e. The molecule has 2 amide bonds. The number of nitrogens with zero attached hydrogens (tertiary/aromatic N) is 1. The number of H-pyrrole nitrogens is 1. The van der Waals surface area contributed by atoms with Gasteiger partial charge in [-0.1, -0.05) is 65.0 Å². The summed E-state index contributed by atoms with van der Waals surface area (Å²) < 4.78 is 46.0. The number of thiazole rings is 1. The molecule has 2 aliphatic rings. The minimum absolute atomic E-state index is 0.139. The number of fused-ring (bicyclic) bond motifs is 2. The van der Waals surface area contributed by atoms with E-state index in [1.54, 1.807) is 36.4 Å². The molecule has 204 valence electrons. The third kappa shape index (κ3) is 4.82. The number of benzene rings is 3. The molecule has 2 unspecified atom stereocenters. The van der Waals surface area contributed by atoms with Gasteiger partial charge in [0.05, 0.1) is 22.2 Å². The number of nitrogens with one attached hydrogen (secondary N) is 1. The molecule has 0 spiro atoms. The second kappa shape index (κ2) is 10.1. The lowest BCUT2D eigenvalue weighted by Gasteiger charge is -2.29. The van der Waals surface area contributed by atoms with Crippen molar-refractivity contribution >= 4 is 52.2 Å². The van der Waals surface area contributed by atoms with Gasteiger partial charge >= 0.3 is 11.0 Å². The SMILES string of the molecule is O=C1C2Sc3[nH]c(=O)sc3[C@H](c3ccc(OCc4cccc(Cl)c4)cc3)C2C(=O)N1c1cccc(C(F)(F)F)c1. The number of carbonyl (C=O) groups is 2. The highest BCUT2D eigenvalue weighted by atomic mass is 35.5. The van der Waals surface area contributed by atoms with Crippen LogP contribution in [0, 0.1) is 5.92 Å². The van der Waals surface area contributed by atoms with E-state index >= 15 is 0 Å². The van der Waals surface area contributed by atoms with Gasteiger partial charge in [-0.2, -0.15) is 13.2 Å². The van der Waals surface area contributed by atoms with Crippen LogP contribution in [0.25, 0.3) is 0 Å². The van der Waals surface area contributed by atoms with Gasteiger partial charge < -0.3 is 9.72 Å². The van der Waals surface area contributed by atoms with Gasteiger partial charge in [0, 0.05) is 15.8 Å². The van der Waals surface area contributed by atoms with Gasteiger partial charge in [0.2, 0.25) is 11.8 Å². The lowest BCUT2D eigenvalue weighted by atomic mass is 9.83. The first kappa shape index (κ1) is 26.7. The number of halogens is 4. The van der Waals surface area contributed by atoms with Crippen molar-refractivity contribution in [2.45, 2.75) is 29.0 Å². The molecular weight excluding hydrogens is 585 g/mol. The largest absolute Gasteiger partial charge is 0.489 e. The molecule has 0 bridgehead atoms. The van der Waals surface area contributed by atoms with E-state index < -0.39 is 40.6 Å². The van der Waals surface area contributed by atoms with E-state index in [1.165, 1.54) is 12.1 Å². The number of rotatable bonds is 5. The number of aromatic nitrogens is 1. The topological polar surface area (TPSA) is 79.5 Å². The van der Waals surface area contributed by atoms with Crippen LogP contribution in [0.5, 0.6) is 5.75 Å². The molecule has 40 heavy (non-hydrogen) atoms. The third-order valence-corrected chi connectivity index (χ3v) is 9.43. The molecule has 2 aliphatic heterocycles. The minimum Gasteiger partial charge on any atom is -0.489 e. The number of alkyl halides is 3. The summed E-state index contributed by atoms with van der Waals surface area (Å²) in [5, 5.41) is 0.163. The Morgan fingerprint density at radius 1 is 0.950 bits per heavy atom. The van der Waals surface area contributed by atoms with Gasteiger partial charge in [-0.3, -0.25) is 14.4 Å². The molecule has 12 heteroatoms. The van der Waals surface area contributed by atoms with Crippen molar-refractivity contribution in [3.63, 3.8) is 0 Å². The van der Waals surface area contributed by atoms with Crippen LogP contribution in [0.4, 0.5) is 18.9 Å². The van der Waals surface area contributed by atoms with Crippen molar-refractivity contribution < 1.29 is 27.5 Å². The number of carbonyl (C=O) groups excluding carboxylic acids is 2. The second-order valence-electron chi connectivity index (χ2n) is 9.30. The van der Waals surface area contributed by atoms with Gasteiger partial charge in [-0.05, 0) is 53.6 Å². The number of amides is 2. The highest BCUT2D eigenvalue weighted by Crippen LogP contribution is 2.53. The fourth-order valence-electron chi connectivity index (χ4n) is 5.02. The van der Waals surface area contributed by atoms with E-state index in [0.717, 1.165) is 45.7 Å². The molecule has 6 nitrogen and oxygen atoms in total. The zero-order valence-electron chi connectivity index (χ0n) is 20.3. The van der Waals surface area contributed by atoms with E-state index in [2.05, 4.69) is 4.98 Å². The Hall–Kier alpha value is -3.54. The summed E-state index contributed by atoms with van der Waals surface area (Å²) in [6, 6.07) is 18.4. The average molecular weight is 603 g/mol. The van der Waals surface area contributed by atoms with E-state index in [0.29, 0.717) is 26.2 Å². The third-order valence-electron chi connectivity index (χ3n) is 6.79. The Kier molecular flexibility index (Phi) is 6.76. The molecular formula is C28H18ClF3N2O4S2. The Morgan fingerprint density at radius 2 is 1.70 bits per heavy atom. The summed E-state index contributed by atoms with van der Waals surface area (Å²) in [7, 11) is 0. The monoisotopic (exact) mass is 602 g/mol. The first-order valence-electron chi connectivity index (χ1n) is 12.0. The van der Waals surface area contributed by atoms with Crippen molar-refractivity contribution in [2.24, 2.45) is 5.92 Å². The molecule has 3 heterocycles. The van der Waals surface area contributed by atoms with Crippen molar-refractivity contribution in [1.29, 1.82) is 0 Å². The van der Waals surface area contributed by atoms with Crippen molar-refractivity contribution in [3.05, 3.63) is 109 Å². The first-order valence-corrected chi connectivity index (χ1v) is 14.1. The maximum atomic E-state index is 13.8. The molecule has 0 radical (unpaired) electrons. The highest BCUT2D eigenvalue weighted by molar-refractivity contribution is 8.00. The predicted molar refractivity (Wildman–Crippen MR) is 146 cm³/mol. The summed E-state index contributed by atoms with van der Waals surface area (Å²) in [6.07, 6.45) is -4.63. The van der Waals surface area contributed by atoms with Gasteiger partial charge in [0.1, 0.15) is 17.6 Å². The number of ether oxygens (including phenoxy) is 1. The first-order chi connectivity index (χ1) is 19.1. The number of hydrogen-bond acceptors (Lipinski definition) is 6. The molecule has 0 saturated carbocycles. The van der Waals surface area contributed by atoms with E-state index in [1.807, 2.05) is 12.1 Å². The lowest BCUT2D eigenvalue weighted by molar-refractivity contribution is -0.137. The Morgan fingerprint density at radius 3 is 2.42 bits per heavy atom. The van der Waals surface area contributed by atoms with Crippen LogP contribution in [-0.2, 0) is 22.4 Å². The fraction of sp³-hybridized carbons (Fsp3) is 0.179. The zero-order valence-corrected chi connectivity index (χ0v) is 22.7. The van der Waals surface area contributed by atoms with Crippen molar-refractivity contribution in [3.8, 4) is 5.75 Å². The standard InChI is InChI=1S/C28H18ClF3N2O4S2/c29-17-5-1-3-14(11-17)13-38-19-9-7-15(8-10-19)20-21-23(39-24-22(20)40-27(37)33-24)26(36)34(25(21)35)18-6-2-4-16(12-18)28(30,31)32/h1-12,20-21,23H,13H2,(H,33,37)/t20-,21?,23?/m1/s1. The van der Waals surface area contributed by atoms with Crippen LogP contribution in [-0.4, -0.2) is 22.0 Å². The normalized spacial score (nSPS) is 20.4. The van der Waals surface area contributed by atoms with Crippen LogP contribution >= 0.6 is 34.7 Å². The molecule has 6 rings (SSSR count). The van der Waals surface area contributed by atoms with Gasteiger partial charge in [-0.15, -0.1) is 0 Å². The highest BCUT2D eigenvalue weighted by Gasteiger charge is 2.56. The molecule has 3 atom stereocenters. The van der Waals surface area contributed by atoms with Gasteiger partial charge in [0.25, 0.3) is 0 Å². The minimum atomic E-state index is -4.63. The molecule has 0 aliphatic carbocycles. The van der Waals surface area contributed by atoms with E-state index in [4.69, 9.17) is 16.3 Å². The quantitative estimate of drug-likeness (QED) is 0.264. The summed E-state index contributed by atoms with van der Waals surface area (Å²) in [4.78, 5) is 43.4. The van der Waals surface area contributed by atoms with Crippen LogP contribution in [0.2, 0.25) is 5.02 Å².